The normalized spacial score (nSPS) is 11.7. The molecule has 0 fully saturated rings. The summed E-state index contributed by atoms with van der Waals surface area (Å²) < 4.78 is 5.43. The third kappa shape index (κ3) is 9.44. The summed E-state index contributed by atoms with van der Waals surface area (Å²) >= 11 is 0. The second-order valence-corrected chi connectivity index (χ2v) is 6.24. The number of unbranched alkanes of at least 4 members (excludes halogenated alkanes) is 1. The highest BCUT2D eigenvalue weighted by Gasteiger charge is 2.13. The molecule has 0 unspecified atom stereocenters. The Balaban J connectivity index is 0.00000576. The molecule has 1 aromatic heterocycles. The van der Waals surface area contributed by atoms with E-state index >= 15 is 0 Å². The van der Waals surface area contributed by atoms with Crippen LogP contribution in [-0.4, -0.2) is 49.7 Å². The second-order valence-electron chi connectivity index (χ2n) is 6.24. The summed E-state index contributed by atoms with van der Waals surface area (Å²) in [7, 11) is 3.94. The Morgan fingerprint density at radius 3 is 2.56 bits per heavy atom. The highest BCUT2D eigenvalue weighted by atomic mass is 127. The van der Waals surface area contributed by atoms with E-state index < -0.39 is 0 Å². The summed E-state index contributed by atoms with van der Waals surface area (Å²) in [5, 5.41) is 10.8. The van der Waals surface area contributed by atoms with Crippen LogP contribution in [0.5, 0.6) is 0 Å². The molecule has 0 radical (unpaired) electrons. The molecule has 0 spiro atoms. The van der Waals surface area contributed by atoms with Crippen molar-refractivity contribution < 1.29 is 4.52 Å². The Hall–Kier alpha value is -0.830. The molecule has 0 amide bonds. The van der Waals surface area contributed by atoms with Crippen LogP contribution in [0.2, 0.25) is 0 Å². The van der Waals surface area contributed by atoms with Gasteiger partial charge in [-0.05, 0) is 32.9 Å². The van der Waals surface area contributed by atoms with E-state index in [2.05, 4.69) is 59.6 Å². The molecule has 7 heteroatoms. The summed E-state index contributed by atoms with van der Waals surface area (Å²) in [5.74, 6) is 2.12. The van der Waals surface area contributed by atoms with Crippen LogP contribution in [-0.2, 0) is 6.54 Å². The van der Waals surface area contributed by atoms with E-state index in [0.717, 1.165) is 49.9 Å². The van der Waals surface area contributed by atoms with Gasteiger partial charge in [0, 0.05) is 32.1 Å². The van der Waals surface area contributed by atoms with Gasteiger partial charge in [-0.3, -0.25) is 4.99 Å². The molecule has 0 aliphatic carbocycles. The molecule has 1 rings (SSSR count). The Morgan fingerprint density at radius 2 is 1.96 bits per heavy atom. The van der Waals surface area contributed by atoms with Crippen LogP contribution in [0.3, 0.4) is 0 Å². The summed E-state index contributed by atoms with van der Waals surface area (Å²) in [6.45, 7) is 10.2. The molecular formula is C18H36IN5O. The molecule has 146 valence electrons. The third-order valence-corrected chi connectivity index (χ3v) is 4.31. The molecule has 0 saturated carbocycles. The van der Waals surface area contributed by atoms with Crippen molar-refractivity contribution in [2.75, 3.05) is 33.7 Å². The number of aromatic nitrogens is 1. The molecule has 0 aliphatic rings. The molecular weight excluding hydrogens is 429 g/mol. The number of halogens is 1. The average Bonchev–Trinajstić information content (AvgIpc) is 3.06. The molecule has 0 aromatic carbocycles. The second kappa shape index (κ2) is 14.4. The summed E-state index contributed by atoms with van der Waals surface area (Å²) in [5.41, 5.74) is 1.05. The summed E-state index contributed by atoms with van der Waals surface area (Å²) in [6, 6.07) is 2.05. The van der Waals surface area contributed by atoms with Gasteiger partial charge in [-0.2, -0.15) is 0 Å². The average molecular weight is 465 g/mol. The lowest BCUT2D eigenvalue weighted by molar-refractivity contribution is 0.332. The van der Waals surface area contributed by atoms with Crippen LogP contribution in [0.15, 0.2) is 15.6 Å². The minimum Gasteiger partial charge on any atom is -0.359 e. The molecule has 0 saturated heterocycles. The van der Waals surface area contributed by atoms with Crippen LogP contribution in [0.25, 0.3) is 0 Å². The highest BCUT2D eigenvalue weighted by Crippen LogP contribution is 2.22. The monoisotopic (exact) mass is 465 g/mol. The Labute approximate surface area is 170 Å². The molecule has 0 atom stereocenters. The predicted molar refractivity (Wildman–Crippen MR) is 116 cm³/mol. The molecule has 0 aliphatic heterocycles. The zero-order valence-corrected chi connectivity index (χ0v) is 18.8. The number of hydrogen-bond donors (Lipinski definition) is 2. The van der Waals surface area contributed by atoms with Gasteiger partial charge in [0.05, 0.1) is 12.2 Å². The van der Waals surface area contributed by atoms with Gasteiger partial charge in [0.2, 0.25) is 0 Å². The molecule has 1 heterocycles. The molecule has 25 heavy (non-hydrogen) atoms. The van der Waals surface area contributed by atoms with Crippen molar-refractivity contribution in [3.05, 3.63) is 17.5 Å². The fourth-order valence-electron chi connectivity index (χ4n) is 2.61. The van der Waals surface area contributed by atoms with E-state index in [1.807, 2.05) is 0 Å². The van der Waals surface area contributed by atoms with E-state index in [1.54, 1.807) is 7.05 Å². The number of guanidine groups is 1. The van der Waals surface area contributed by atoms with Gasteiger partial charge in [0.15, 0.2) is 11.7 Å². The van der Waals surface area contributed by atoms with Crippen molar-refractivity contribution in [2.45, 2.75) is 58.9 Å². The molecule has 1 aromatic rings. The topological polar surface area (TPSA) is 65.7 Å². The summed E-state index contributed by atoms with van der Waals surface area (Å²) in [4.78, 5) is 6.59. The Kier molecular flexibility index (Phi) is 13.9. The smallest absolute Gasteiger partial charge is 0.191 e. The minimum atomic E-state index is 0. The highest BCUT2D eigenvalue weighted by molar-refractivity contribution is 14.0. The Morgan fingerprint density at radius 1 is 1.24 bits per heavy atom. The van der Waals surface area contributed by atoms with Crippen LogP contribution in [0, 0.1) is 0 Å². The number of nitrogens with zero attached hydrogens (tertiary/aromatic N) is 3. The van der Waals surface area contributed by atoms with Gasteiger partial charge in [-0.15, -0.1) is 24.0 Å². The van der Waals surface area contributed by atoms with Gasteiger partial charge in [-0.25, -0.2) is 0 Å². The van der Waals surface area contributed by atoms with Crippen LogP contribution < -0.4 is 10.6 Å². The fraction of sp³-hybridized carbons (Fsp3) is 0.778. The van der Waals surface area contributed by atoms with Crippen LogP contribution in [0.1, 0.15) is 63.8 Å². The van der Waals surface area contributed by atoms with Crippen molar-refractivity contribution >= 4 is 29.9 Å². The lowest BCUT2D eigenvalue weighted by Gasteiger charge is -2.17. The van der Waals surface area contributed by atoms with Crippen molar-refractivity contribution in [1.82, 2.24) is 20.7 Å². The quantitative estimate of drug-likeness (QED) is 0.297. The van der Waals surface area contributed by atoms with Crippen molar-refractivity contribution in [3.8, 4) is 0 Å². The number of aliphatic imine (C=N–C) groups is 1. The summed E-state index contributed by atoms with van der Waals surface area (Å²) in [6.07, 6.45) is 4.65. The lowest BCUT2D eigenvalue weighted by atomic mass is 9.99. The predicted octanol–water partition coefficient (Wildman–Crippen LogP) is 3.59. The van der Waals surface area contributed by atoms with Crippen LogP contribution in [0.4, 0.5) is 0 Å². The van der Waals surface area contributed by atoms with Gasteiger partial charge in [-0.1, -0.05) is 32.3 Å². The largest absolute Gasteiger partial charge is 0.359 e. The third-order valence-electron chi connectivity index (χ3n) is 4.31. The fourth-order valence-corrected chi connectivity index (χ4v) is 2.61. The first-order chi connectivity index (χ1) is 11.6. The van der Waals surface area contributed by atoms with Gasteiger partial charge < -0.3 is 20.1 Å². The zero-order chi connectivity index (χ0) is 17.8. The van der Waals surface area contributed by atoms with Crippen molar-refractivity contribution in [3.63, 3.8) is 0 Å². The molecule has 0 bridgehead atoms. The van der Waals surface area contributed by atoms with Gasteiger partial charge >= 0.3 is 0 Å². The first-order valence-corrected chi connectivity index (χ1v) is 9.23. The van der Waals surface area contributed by atoms with E-state index in [0.29, 0.717) is 12.5 Å². The maximum atomic E-state index is 5.43. The lowest BCUT2D eigenvalue weighted by Crippen LogP contribution is -2.40. The maximum absolute atomic E-state index is 5.43. The minimum absolute atomic E-state index is 0. The first-order valence-electron chi connectivity index (χ1n) is 9.23. The van der Waals surface area contributed by atoms with Crippen LogP contribution >= 0.6 is 24.0 Å². The Bertz CT molecular complexity index is 474. The number of hydrogen-bond acceptors (Lipinski definition) is 4. The van der Waals surface area contributed by atoms with Crippen molar-refractivity contribution in [2.24, 2.45) is 4.99 Å². The number of nitrogens with one attached hydrogen (secondary N) is 2. The van der Waals surface area contributed by atoms with E-state index in [1.165, 1.54) is 12.8 Å². The molecule has 6 nitrogen and oxygen atoms in total. The van der Waals surface area contributed by atoms with Gasteiger partial charge in [0.25, 0.3) is 0 Å². The zero-order valence-electron chi connectivity index (χ0n) is 16.5. The molecule has 2 N–H and O–H groups in total. The SMILES string of the molecule is CCCCN(C)CCNC(=NC)NCc1cc(C(CC)CC)no1.I. The van der Waals surface area contributed by atoms with E-state index in [-0.39, 0.29) is 24.0 Å². The first kappa shape index (κ1) is 24.2. The van der Waals surface area contributed by atoms with Gasteiger partial charge in [0.1, 0.15) is 0 Å². The number of rotatable bonds is 11. The number of likely N-dealkylation sites (N-methyl/N-ethyl adjacent to an activating group) is 1. The van der Waals surface area contributed by atoms with Crippen molar-refractivity contribution in [1.29, 1.82) is 0 Å². The maximum Gasteiger partial charge on any atom is 0.191 e. The van der Waals surface area contributed by atoms with E-state index in [4.69, 9.17) is 4.52 Å². The van der Waals surface area contributed by atoms with E-state index in [9.17, 15) is 0 Å². The standard InChI is InChI=1S/C18H35N5O.HI/c1-6-9-11-23(5)12-10-20-18(19-4)21-14-16-13-17(22-24-16)15(7-2)8-3;/h13,15H,6-12,14H2,1-5H3,(H2,19,20,21);1H.